The number of hydrogen-bond acceptors (Lipinski definition) is 3. The Kier molecular flexibility index (Phi) is 11.4. The maximum atomic E-state index is 6.70. The third kappa shape index (κ3) is 8.06. The number of fused-ring (bicyclic) bond motifs is 3. The zero-order valence-corrected chi connectivity index (χ0v) is 38.9. The Morgan fingerprint density at radius 1 is 0.530 bits per heavy atom. The van der Waals surface area contributed by atoms with Gasteiger partial charge >= 0.3 is 0 Å². The van der Waals surface area contributed by atoms with Gasteiger partial charge in [0, 0.05) is 49.8 Å². The van der Waals surface area contributed by atoms with Crippen molar-refractivity contribution in [2.45, 2.75) is 26.2 Å². The third-order valence-electron chi connectivity index (χ3n) is 11.9. The molecule has 6 nitrogen and oxygen atoms in total. The topological polar surface area (TPSA) is 48.8 Å². The van der Waals surface area contributed by atoms with E-state index in [4.69, 9.17) is 14.8 Å². The molecule has 11 aromatic rings. The zero-order chi connectivity index (χ0) is 43.9. The van der Waals surface area contributed by atoms with Gasteiger partial charge in [-0.3, -0.25) is 0 Å². The predicted molar refractivity (Wildman–Crippen MR) is 261 cm³/mol. The van der Waals surface area contributed by atoms with Crippen LogP contribution in [-0.2, 0) is 26.5 Å². The fraction of sp³-hybridized carbons (Fsp3) is 0.0678. The van der Waals surface area contributed by atoms with Crippen molar-refractivity contribution in [1.29, 1.82) is 0 Å². The van der Waals surface area contributed by atoms with Crippen molar-refractivity contribution in [3.8, 4) is 73.5 Å². The van der Waals surface area contributed by atoms with Crippen molar-refractivity contribution in [2.24, 2.45) is 0 Å². The van der Waals surface area contributed by atoms with E-state index in [2.05, 4.69) is 183 Å². The van der Waals surface area contributed by atoms with Crippen LogP contribution in [-0.4, -0.2) is 19.2 Å². The van der Waals surface area contributed by atoms with Crippen LogP contribution in [0.25, 0.3) is 83.8 Å². The van der Waals surface area contributed by atoms with Crippen LogP contribution in [0.2, 0.25) is 0 Å². The Morgan fingerprint density at radius 3 is 1.79 bits per heavy atom. The monoisotopic (exact) mass is 1030 g/mol. The minimum absolute atomic E-state index is 0. The molecule has 0 amide bonds. The quantitative estimate of drug-likeness (QED) is 0.107. The van der Waals surface area contributed by atoms with Gasteiger partial charge in [-0.2, -0.15) is 22.9 Å². The van der Waals surface area contributed by atoms with Gasteiger partial charge in [0.2, 0.25) is 0 Å². The molecule has 0 unspecified atom stereocenters. The summed E-state index contributed by atoms with van der Waals surface area (Å²) in [6.45, 7) is 6.67. The number of para-hydroxylation sites is 1. The summed E-state index contributed by atoms with van der Waals surface area (Å²) in [5, 5.41) is 7.47. The van der Waals surface area contributed by atoms with E-state index in [1.807, 2.05) is 76.1 Å². The van der Waals surface area contributed by atoms with Gasteiger partial charge in [-0.25, -0.2) is 4.98 Å². The number of aromatic nitrogens is 5. The second-order valence-electron chi connectivity index (χ2n) is 17.1. The normalized spacial score (nSPS) is 11.4. The zero-order valence-electron chi connectivity index (χ0n) is 36.6. The van der Waals surface area contributed by atoms with Gasteiger partial charge in [0.1, 0.15) is 5.82 Å². The largest absolute Gasteiger partial charge is 0.510 e. The smallest absolute Gasteiger partial charge is 0.272 e. The molecular formula is C59H43N5OPt-2. The van der Waals surface area contributed by atoms with Crippen LogP contribution in [0.1, 0.15) is 26.3 Å². The van der Waals surface area contributed by atoms with Crippen molar-refractivity contribution in [2.75, 3.05) is 0 Å². The average molecular weight is 1030 g/mol. The van der Waals surface area contributed by atoms with Crippen LogP contribution in [0.5, 0.6) is 11.5 Å². The number of benzene rings is 8. The molecule has 11 rings (SSSR count). The fourth-order valence-electron chi connectivity index (χ4n) is 8.60. The molecule has 322 valence electrons. The van der Waals surface area contributed by atoms with Gasteiger partial charge in [-0.15, -0.1) is 34.8 Å². The fourth-order valence-corrected chi connectivity index (χ4v) is 8.60. The molecule has 0 saturated heterocycles. The van der Waals surface area contributed by atoms with Gasteiger partial charge in [-0.05, 0) is 67.9 Å². The van der Waals surface area contributed by atoms with Crippen LogP contribution in [0.4, 0.5) is 0 Å². The van der Waals surface area contributed by atoms with E-state index in [1.165, 1.54) is 5.56 Å². The molecule has 0 aliphatic rings. The summed E-state index contributed by atoms with van der Waals surface area (Å²) in [5.41, 5.74) is 12.2. The number of ether oxygens (including phenoxy) is 1. The molecule has 0 fully saturated rings. The molecule has 8 aromatic carbocycles. The second-order valence-corrected chi connectivity index (χ2v) is 17.1. The summed E-state index contributed by atoms with van der Waals surface area (Å²) in [6, 6.07) is 76.1. The van der Waals surface area contributed by atoms with Gasteiger partial charge in [-0.1, -0.05) is 184 Å². The van der Waals surface area contributed by atoms with Crippen LogP contribution in [0.3, 0.4) is 0 Å². The van der Waals surface area contributed by atoms with Crippen molar-refractivity contribution in [3.05, 3.63) is 230 Å². The van der Waals surface area contributed by atoms with Gasteiger partial charge in [0.25, 0.3) is 6.33 Å². The second kappa shape index (κ2) is 17.7. The van der Waals surface area contributed by atoms with Crippen LogP contribution in [0, 0.1) is 18.5 Å². The van der Waals surface area contributed by atoms with Crippen LogP contribution < -0.4 is 9.42 Å². The molecule has 0 atom stereocenters. The number of rotatable bonds is 9. The van der Waals surface area contributed by atoms with E-state index < -0.39 is 0 Å². The summed E-state index contributed by atoms with van der Waals surface area (Å²) in [4.78, 5) is 4.92. The summed E-state index contributed by atoms with van der Waals surface area (Å²) in [5.74, 6) is 2.62. The first-order valence-electron chi connectivity index (χ1n) is 21.8. The van der Waals surface area contributed by atoms with Gasteiger partial charge in [0.15, 0.2) is 5.82 Å². The van der Waals surface area contributed by atoms with E-state index in [9.17, 15) is 0 Å². The maximum absolute atomic E-state index is 6.70. The molecule has 0 aliphatic carbocycles. The molecule has 0 saturated carbocycles. The van der Waals surface area contributed by atoms with E-state index >= 15 is 0 Å². The van der Waals surface area contributed by atoms with E-state index in [1.54, 1.807) is 0 Å². The molecule has 3 heterocycles. The Labute approximate surface area is 399 Å². The summed E-state index contributed by atoms with van der Waals surface area (Å²) < 4.78 is 12.7. The maximum Gasteiger partial charge on any atom is 0.272 e. The summed E-state index contributed by atoms with van der Waals surface area (Å²) in [7, 11) is 0. The Balaban J connectivity index is 0.00000511. The minimum atomic E-state index is -0.0580. The molecular weight excluding hydrogens is 990 g/mol. The van der Waals surface area contributed by atoms with Crippen molar-refractivity contribution >= 4 is 21.8 Å². The first-order chi connectivity index (χ1) is 31.9. The molecule has 3 aromatic heterocycles. The molecule has 0 radical (unpaired) electrons. The van der Waals surface area contributed by atoms with Crippen molar-refractivity contribution in [1.82, 2.24) is 19.2 Å². The van der Waals surface area contributed by atoms with E-state index in [0.717, 1.165) is 77.9 Å². The molecule has 0 N–H and O–H groups in total. The third-order valence-corrected chi connectivity index (χ3v) is 11.9. The minimum Gasteiger partial charge on any atom is -0.510 e. The predicted octanol–water partition coefficient (Wildman–Crippen LogP) is 13.8. The molecule has 0 spiro atoms. The SMILES string of the molecule is CC(C)(C)c1ccnc(-n2c3[c-]c(Oc4[c-]c(-n5[c-][n+](-c6c(-c7ccccc7)cccc6-c6ccccc6)nc5-c5ccccc5)ccc4)ccc3c3cc(-c4ccccc4)ccc32)c1.[Pt]. The van der Waals surface area contributed by atoms with Gasteiger partial charge < -0.3 is 13.9 Å². The number of nitrogens with zero attached hydrogens (tertiary/aromatic N) is 5. The summed E-state index contributed by atoms with van der Waals surface area (Å²) >= 11 is 0. The summed E-state index contributed by atoms with van der Waals surface area (Å²) in [6.07, 6.45) is 5.54. The standard InChI is InChI=1S/C59H43N5O.Pt/c1-59(2,3)46-34-35-60-56(37-46)64-54-33-30-45(41-18-8-4-9-19-41)36-53(54)52-32-31-49(39-55(52)64)65-48-27-16-26-47(38-48)62-40-63(61-58(62)44-24-14-7-15-25-44)57-50(42-20-10-5-11-21-42)28-17-29-51(57)43-22-12-6-13-23-43;/h4-37H,1-3H3;/q-2;. The van der Waals surface area contributed by atoms with E-state index in [-0.39, 0.29) is 26.5 Å². The molecule has 7 heteroatoms. The van der Waals surface area contributed by atoms with Crippen LogP contribution >= 0.6 is 0 Å². The van der Waals surface area contributed by atoms with E-state index in [0.29, 0.717) is 17.3 Å². The molecule has 66 heavy (non-hydrogen) atoms. The first-order valence-corrected chi connectivity index (χ1v) is 21.8. The van der Waals surface area contributed by atoms with Crippen molar-refractivity contribution < 1.29 is 30.5 Å². The molecule has 0 bridgehead atoms. The first kappa shape index (κ1) is 42.3. The van der Waals surface area contributed by atoms with Crippen LogP contribution in [0.15, 0.2) is 206 Å². The van der Waals surface area contributed by atoms with Crippen molar-refractivity contribution in [3.63, 3.8) is 0 Å². The van der Waals surface area contributed by atoms with Gasteiger partial charge in [0.05, 0.1) is 5.69 Å². The Morgan fingerprint density at radius 2 is 1.14 bits per heavy atom. The Hall–Kier alpha value is -7.66. The molecule has 0 aliphatic heterocycles. The average Bonchev–Trinajstić information content (AvgIpc) is 3.94. The Bertz CT molecular complexity index is 3430. The number of hydrogen-bond donors (Lipinski definition) is 0. The number of pyridine rings is 1.